The Morgan fingerprint density at radius 2 is 1.89 bits per heavy atom. The second-order valence-electron chi connectivity index (χ2n) is 4.45. The Balaban J connectivity index is 2.26. The highest BCUT2D eigenvalue weighted by molar-refractivity contribution is 9.10. The number of ether oxygens (including phenoxy) is 2. The van der Waals surface area contributed by atoms with Crippen LogP contribution in [0.5, 0.6) is 0 Å². The molecule has 1 N–H and O–H groups in total. The van der Waals surface area contributed by atoms with Crippen molar-refractivity contribution in [3.63, 3.8) is 0 Å². The molecular weight excluding hydrogens is 316 g/mol. The van der Waals surface area contributed by atoms with Gasteiger partial charge in [-0.1, -0.05) is 0 Å². The Hall–Kier alpha value is -1.76. The minimum absolute atomic E-state index is 0.224. The van der Waals surface area contributed by atoms with Crippen molar-refractivity contribution in [1.29, 1.82) is 5.41 Å². The number of carbonyl (C=O) groups excluding carboxylic acids is 2. The summed E-state index contributed by atoms with van der Waals surface area (Å²) in [5.74, 6) is -4.27. The van der Waals surface area contributed by atoms with E-state index >= 15 is 0 Å². The molecule has 0 radical (unpaired) electrons. The lowest BCUT2D eigenvalue weighted by Gasteiger charge is -2.32. The summed E-state index contributed by atoms with van der Waals surface area (Å²) < 4.78 is 10.7. The molecule has 1 aromatic heterocycles. The topological polar surface area (TPSA) is 89.3 Å². The molecule has 7 heteroatoms. The number of nitrogens with one attached hydrogen (secondary N) is 1. The van der Waals surface area contributed by atoms with Crippen molar-refractivity contribution < 1.29 is 19.1 Å². The van der Waals surface area contributed by atoms with E-state index in [1.54, 1.807) is 6.07 Å². The molecule has 1 aliphatic heterocycles. The molecule has 100 valence electrons. The van der Waals surface area contributed by atoms with E-state index in [-0.39, 0.29) is 11.4 Å². The summed E-state index contributed by atoms with van der Waals surface area (Å²) in [7, 11) is 0. The molecule has 2 heterocycles. The third-order valence-corrected chi connectivity index (χ3v) is 2.93. The van der Waals surface area contributed by atoms with Gasteiger partial charge in [0.15, 0.2) is 5.92 Å². The predicted octanol–water partition coefficient (Wildman–Crippen LogP) is 1.66. The monoisotopic (exact) mass is 326 g/mol. The van der Waals surface area contributed by atoms with Crippen LogP contribution in [0.2, 0.25) is 0 Å². The Morgan fingerprint density at radius 3 is 2.37 bits per heavy atom. The standard InChI is InChI=1S/C12H11BrN2O4/c1-12(2)18-10(16)8(11(17)19-12)9(14)7-4-3-6(13)5-15-7/h3-5,8,14H,1-2H3. The third-order valence-electron chi connectivity index (χ3n) is 2.46. The van der Waals surface area contributed by atoms with E-state index in [0.717, 1.165) is 4.47 Å². The van der Waals surface area contributed by atoms with Crippen LogP contribution >= 0.6 is 15.9 Å². The molecule has 19 heavy (non-hydrogen) atoms. The molecule has 0 aliphatic carbocycles. The van der Waals surface area contributed by atoms with Crippen LogP contribution in [0, 0.1) is 11.3 Å². The maximum absolute atomic E-state index is 11.8. The third kappa shape index (κ3) is 2.81. The number of aromatic nitrogens is 1. The van der Waals surface area contributed by atoms with E-state index in [0.29, 0.717) is 0 Å². The first kappa shape index (κ1) is 13.7. The highest BCUT2D eigenvalue weighted by atomic mass is 79.9. The van der Waals surface area contributed by atoms with Gasteiger partial charge in [-0.3, -0.25) is 14.6 Å². The van der Waals surface area contributed by atoms with Gasteiger partial charge in [-0.25, -0.2) is 0 Å². The molecule has 0 bridgehead atoms. The first-order chi connectivity index (χ1) is 8.80. The number of hydrogen-bond donors (Lipinski definition) is 1. The fourth-order valence-corrected chi connectivity index (χ4v) is 1.87. The molecule has 1 saturated heterocycles. The summed E-state index contributed by atoms with van der Waals surface area (Å²) in [6.45, 7) is 2.92. The van der Waals surface area contributed by atoms with Crippen molar-refractivity contribution in [3.8, 4) is 0 Å². The molecule has 0 unspecified atom stereocenters. The molecule has 0 spiro atoms. The highest BCUT2D eigenvalue weighted by Crippen LogP contribution is 2.25. The Bertz CT molecular complexity index is 533. The van der Waals surface area contributed by atoms with Gasteiger partial charge in [-0.05, 0) is 28.1 Å². The van der Waals surface area contributed by atoms with E-state index in [1.165, 1.54) is 26.1 Å². The number of esters is 2. The van der Waals surface area contributed by atoms with Gasteiger partial charge in [0.1, 0.15) is 0 Å². The zero-order valence-corrected chi connectivity index (χ0v) is 11.9. The van der Waals surface area contributed by atoms with E-state index in [9.17, 15) is 9.59 Å². The summed E-state index contributed by atoms with van der Waals surface area (Å²) in [5.41, 5.74) is -0.0141. The fraction of sp³-hybridized carbons (Fsp3) is 0.333. The molecule has 0 amide bonds. The van der Waals surface area contributed by atoms with E-state index in [4.69, 9.17) is 14.9 Å². The van der Waals surface area contributed by atoms with E-state index in [2.05, 4.69) is 20.9 Å². The smallest absolute Gasteiger partial charge is 0.329 e. The van der Waals surface area contributed by atoms with Crippen LogP contribution in [0.25, 0.3) is 0 Å². The number of hydrogen-bond acceptors (Lipinski definition) is 6. The summed E-state index contributed by atoms with van der Waals surface area (Å²) in [6.07, 6.45) is 1.48. The van der Waals surface area contributed by atoms with Crippen molar-refractivity contribution in [3.05, 3.63) is 28.5 Å². The number of rotatable bonds is 2. The predicted molar refractivity (Wildman–Crippen MR) is 68.5 cm³/mol. The van der Waals surface area contributed by atoms with Crippen LogP contribution in [0.4, 0.5) is 0 Å². The van der Waals surface area contributed by atoms with Gasteiger partial charge in [0.2, 0.25) is 0 Å². The van der Waals surface area contributed by atoms with Gasteiger partial charge >= 0.3 is 11.9 Å². The van der Waals surface area contributed by atoms with Crippen molar-refractivity contribution in [1.82, 2.24) is 4.98 Å². The Labute approximate surface area is 117 Å². The minimum atomic E-state index is -1.39. The van der Waals surface area contributed by atoms with Crippen molar-refractivity contribution in [2.45, 2.75) is 19.6 Å². The lowest BCUT2D eigenvalue weighted by Crippen LogP contribution is -2.49. The second-order valence-corrected chi connectivity index (χ2v) is 5.37. The van der Waals surface area contributed by atoms with Crippen LogP contribution in [-0.2, 0) is 19.1 Å². The maximum atomic E-state index is 11.8. The van der Waals surface area contributed by atoms with Crippen LogP contribution in [-0.4, -0.2) is 28.4 Å². The molecule has 1 aliphatic rings. The highest BCUT2D eigenvalue weighted by Gasteiger charge is 2.46. The van der Waals surface area contributed by atoms with Crippen LogP contribution in [0.15, 0.2) is 22.8 Å². The number of halogens is 1. The van der Waals surface area contributed by atoms with Crippen molar-refractivity contribution in [2.75, 3.05) is 0 Å². The molecule has 6 nitrogen and oxygen atoms in total. The molecule has 2 rings (SSSR count). The SMILES string of the molecule is CC1(C)OC(=O)C(C(=N)c2ccc(Br)cn2)C(=O)O1. The first-order valence-corrected chi connectivity index (χ1v) is 6.25. The molecule has 0 atom stereocenters. The Morgan fingerprint density at radius 1 is 1.32 bits per heavy atom. The number of cyclic esters (lactones) is 2. The first-order valence-electron chi connectivity index (χ1n) is 5.46. The van der Waals surface area contributed by atoms with Crippen LogP contribution in [0.1, 0.15) is 19.5 Å². The molecule has 0 aromatic carbocycles. The Kier molecular flexibility index (Phi) is 3.40. The van der Waals surface area contributed by atoms with Crippen molar-refractivity contribution in [2.24, 2.45) is 5.92 Å². The lowest BCUT2D eigenvalue weighted by molar-refractivity contribution is -0.235. The molecule has 1 fully saturated rings. The lowest BCUT2D eigenvalue weighted by atomic mass is 9.99. The minimum Gasteiger partial charge on any atom is -0.422 e. The van der Waals surface area contributed by atoms with Crippen molar-refractivity contribution >= 4 is 33.6 Å². The normalized spacial score (nSPS) is 18.7. The molecular formula is C12H11BrN2O4. The van der Waals surface area contributed by atoms with E-state index in [1.807, 2.05) is 0 Å². The average molecular weight is 327 g/mol. The largest absolute Gasteiger partial charge is 0.422 e. The number of nitrogens with zero attached hydrogens (tertiary/aromatic N) is 1. The van der Waals surface area contributed by atoms with Gasteiger partial charge in [0.05, 0.1) is 11.4 Å². The molecule has 1 aromatic rings. The quantitative estimate of drug-likeness (QED) is 0.507. The van der Waals surface area contributed by atoms with Crippen LogP contribution < -0.4 is 0 Å². The van der Waals surface area contributed by atoms with Gasteiger partial charge < -0.3 is 14.9 Å². The van der Waals surface area contributed by atoms with Gasteiger partial charge in [-0.2, -0.15) is 0 Å². The number of carbonyl (C=O) groups is 2. The summed E-state index contributed by atoms with van der Waals surface area (Å²) >= 11 is 3.21. The molecule has 0 saturated carbocycles. The zero-order valence-electron chi connectivity index (χ0n) is 10.3. The summed E-state index contributed by atoms with van der Waals surface area (Å²) in [6, 6.07) is 3.20. The van der Waals surface area contributed by atoms with Gasteiger partial charge in [-0.15, -0.1) is 0 Å². The summed E-state index contributed by atoms with van der Waals surface area (Å²) in [5, 5.41) is 7.91. The summed E-state index contributed by atoms with van der Waals surface area (Å²) in [4.78, 5) is 27.6. The van der Waals surface area contributed by atoms with Crippen LogP contribution in [0.3, 0.4) is 0 Å². The zero-order chi connectivity index (χ0) is 14.2. The fourth-order valence-electron chi connectivity index (χ4n) is 1.64. The van der Waals surface area contributed by atoms with Gasteiger partial charge in [0, 0.05) is 24.5 Å². The van der Waals surface area contributed by atoms with E-state index < -0.39 is 23.6 Å². The van der Waals surface area contributed by atoms with Gasteiger partial charge in [0.25, 0.3) is 5.79 Å². The maximum Gasteiger partial charge on any atom is 0.329 e. The number of pyridine rings is 1. The second kappa shape index (κ2) is 4.73. The average Bonchev–Trinajstić information content (AvgIpc) is 2.26.